The van der Waals surface area contributed by atoms with Crippen molar-refractivity contribution >= 4 is 10.9 Å². The number of benzene rings is 1. The predicted octanol–water partition coefficient (Wildman–Crippen LogP) is 3.14. The summed E-state index contributed by atoms with van der Waals surface area (Å²) >= 11 is 0. The van der Waals surface area contributed by atoms with Gasteiger partial charge in [-0.05, 0) is 54.3 Å². The number of morpholine rings is 1. The molecule has 5 nitrogen and oxygen atoms in total. The van der Waals surface area contributed by atoms with Gasteiger partial charge in [0.05, 0.1) is 11.1 Å². The maximum atomic E-state index is 6.24. The Balaban J connectivity index is 1.43. The van der Waals surface area contributed by atoms with Crippen molar-refractivity contribution in [2.75, 3.05) is 19.7 Å². The van der Waals surface area contributed by atoms with Gasteiger partial charge in [-0.25, -0.2) is 0 Å². The van der Waals surface area contributed by atoms with Crippen LogP contribution in [-0.4, -0.2) is 41.0 Å². The molecule has 3 heterocycles. The lowest BCUT2D eigenvalue weighted by molar-refractivity contribution is -0.0711. The zero-order valence-electron chi connectivity index (χ0n) is 14.9. The third-order valence-corrected chi connectivity index (χ3v) is 5.32. The highest BCUT2D eigenvalue weighted by Gasteiger charge is 2.47. The summed E-state index contributed by atoms with van der Waals surface area (Å²) in [5, 5.41) is 4.52. The van der Waals surface area contributed by atoms with Gasteiger partial charge in [-0.2, -0.15) is 0 Å². The van der Waals surface area contributed by atoms with Crippen LogP contribution in [0.3, 0.4) is 0 Å². The molecular formula is C21H23N3O2. The van der Waals surface area contributed by atoms with Crippen LogP contribution in [0.2, 0.25) is 0 Å². The van der Waals surface area contributed by atoms with Gasteiger partial charge in [0.1, 0.15) is 18.5 Å². The van der Waals surface area contributed by atoms with Crippen LogP contribution in [0, 0.1) is 0 Å². The molecule has 2 aromatic heterocycles. The average Bonchev–Trinajstić information content (AvgIpc) is 3.25. The summed E-state index contributed by atoms with van der Waals surface area (Å²) in [6.45, 7) is 2.37. The van der Waals surface area contributed by atoms with Gasteiger partial charge >= 0.3 is 0 Å². The lowest BCUT2D eigenvalue weighted by atomic mass is 10.1. The van der Waals surface area contributed by atoms with Crippen molar-refractivity contribution < 1.29 is 9.47 Å². The first-order valence-electron chi connectivity index (χ1n) is 9.23. The summed E-state index contributed by atoms with van der Waals surface area (Å²) in [5.41, 5.74) is 3.32. The van der Waals surface area contributed by atoms with E-state index in [9.17, 15) is 0 Å². The third kappa shape index (κ3) is 2.97. The first-order chi connectivity index (χ1) is 12.7. The fourth-order valence-corrected chi connectivity index (χ4v) is 3.72. The minimum atomic E-state index is 0.0851. The summed E-state index contributed by atoms with van der Waals surface area (Å²) in [7, 11) is 2.03. The Morgan fingerprint density at radius 1 is 1.31 bits per heavy atom. The number of nitrogens with zero attached hydrogens (tertiary/aromatic N) is 2. The minimum absolute atomic E-state index is 0.0851. The number of pyridine rings is 1. The highest BCUT2D eigenvalue weighted by molar-refractivity contribution is 5.89. The third-order valence-electron chi connectivity index (χ3n) is 5.32. The second-order valence-corrected chi connectivity index (χ2v) is 7.47. The largest absolute Gasteiger partial charge is 0.490 e. The molecule has 1 aliphatic heterocycles. The van der Waals surface area contributed by atoms with Crippen LogP contribution in [0.1, 0.15) is 12.8 Å². The van der Waals surface area contributed by atoms with Crippen LogP contribution < -0.4 is 10.1 Å². The lowest BCUT2D eigenvalue weighted by Crippen LogP contribution is -2.48. The van der Waals surface area contributed by atoms with E-state index in [1.165, 1.54) is 0 Å². The molecule has 1 aromatic carbocycles. The standard InChI is InChI=1S/C21H23N3O2/c1-24-8-4-15(12-24)16-9-19-18(3-2-7-23-19)20(10-16)25-13-17-11-22-14-21(26-17)5-6-21/h2-4,7-10,12,17,22H,5-6,11,13-14H2,1H3/t17-/m0/s1. The summed E-state index contributed by atoms with van der Waals surface area (Å²) in [5.74, 6) is 0.869. The fraction of sp³-hybridized carbons (Fsp3) is 0.381. The van der Waals surface area contributed by atoms with Crippen molar-refractivity contribution in [2.45, 2.75) is 24.5 Å². The van der Waals surface area contributed by atoms with E-state index >= 15 is 0 Å². The highest BCUT2D eigenvalue weighted by atomic mass is 16.6. The Morgan fingerprint density at radius 2 is 2.23 bits per heavy atom. The number of ether oxygens (including phenoxy) is 2. The van der Waals surface area contributed by atoms with Crippen LogP contribution in [0.15, 0.2) is 48.9 Å². The van der Waals surface area contributed by atoms with Gasteiger partial charge in [-0.15, -0.1) is 0 Å². The fourth-order valence-electron chi connectivity index (χ4n) is 3.72. The monoisotopic (exact) mass is 349 g/mol. The molecule has 1 saturated carbocycles. The number of hydrogen-bond acceptors (Lipinski definition) is 4. The minimum Gasteiger partial charge on any atom is -0.490 e. The molecule has 5 heteroatoms. The molecule has 2 fully saturated rings. The zero-order chi connectivity index (χ0) is 17.6. The van der Waals surface area contributed by atoms with Gasteiger partial charge in [0.15, 0.2) is 0 Å². The van der Waals surface area contributed by atoms with Gasteiger partial charge in [-0.1, -0.05) is 0 Å². The molecule has 1 atom stereocenters. The van der Waals surface area contributed by atoms with Crippen LogP contribution in [0.25, 0.3) is 22.0 Å². The molecule has 2 aliphatic rings. The molecular weight excluding hydrogens is 326 g/mol. The van der Waals surface area contributed by atoms with Crippen molar-refractivity contribution in [3.63, 3.8) is 0 Å². The van der Waals surface area contributed by atoms with E-state index in [-0.39, 0.29) is 11.7 Å². The first-order valence-corrected chi connectivity index (χ1v) is 9.23. The molecule has 1 aliphatic carbocycles. The smallest absolute Gasteiger partial charge is 0.129 e. The topological polar surface area (TPSA) is 48.3 Å². The molecule has 1 N–H and O–H groups in total. The van der Waals surface area contributed by atoms with E-state index < -0.39 is 0 Å². The summed E-state index contributed by atoms with van der Waals surface area (Å²) in [6.07, 6.45) is 8.40. The van der Waals surface area contributed by atoms with Gasteiger partial charge in [0, 0.05) is 44.1 Å². The van der Waals surface area contributed by atoms with E-state index in [1.54, 1.807) is 0 Å². The Kier molecular flexibility index (Phi) is 3.72. The Bertz CT molecular complexity index is 945. The number of aryl methyl sites for hydroxylation is 1. The molecule has 134 valence electrons. The van der Waals surface area contributed by atoms with Gasteiger partial charge in [0.2, 0.25) is 0 Å². The summed E-state index contributed by atoms with van der Waals surface area (Å²) < 4.78 is 14.5. The Hall–Kier alpha value is -2.37. The van der Waals surface area contributed by atoms with E-state index in [0.717, 1.165) is 53.7 Å². The molecule has 0 bridgehead atoms. The molecule has 1 saturated heterocycles. The van der Waals surface area contributed by atoms with Crippen LogP contribution in [0.4, 0.5) is 0 Å². The van der Waals surface area contributed by atoms with Crippen molar-refractivity contribution in [3.05, 3.63) is 48.9 Å². The SMILES string of the molecule is Cn1ccc(-c2cc(OC[C@@H]3CNCC4(CC4)O3)c3cccnc3c2)c1. The van der Waals surface area contributed by atoms with Crippen molar-refractivity contribution in [1.82, 2.24) is 14.9 Å². The quantitative estimate of drug-likeness (QED) is 0.786. The molecule has 3 aromatic rings. The Labute approximate surface area is 152 Å². The molecule has 5 rings (SSSR count). The maximum absolute atomic E-state index is 6.24. The highest BCUT2D eigenvalue weighted by Crippen LogP contribution is 2.41. The molecule has 0 radical (unpaired) electrons. The van der Waals surface area contributed by atoms with E-state index in [1.807, 2.05) is 19.3 Å². The normalized spacial score (nSPS) is 21.2. The number of rotatable bonds is 4. The number of hydrogen-bond donors (Lipinski definition) is 1. The van der Waals surface area contributed by atoms with E-state index in [0.29, 0.717) is 6.61 Å². The number of fused-ring (bicyclic) bond motifs is 1. The second kappa shape index (κ2) is 6.11. The van der Waals surface area contributed by atoms with E-state index in [2.05, 4.69) is 51.5 Å². The molecule has 1 spiro atoms. The molecule has 26 heavy (non-hydrogen) atoms. The second-order valence-electron chi connectivity index (χ2n) is 7.47. The van der Waals surface area contributed by atoms with Crippen molar-refractivity contribution in [3.8, 4) is 16.9 Å². The van der Waals surface area contributed by atoms with Crippen LogP contribution >= 0.6 is 0 Å². The predicted molar refractivity (Wildman–Crippen MR) is 101 cm³/mol. The first kappa shape index (κ1) is 15.9. The average molecular weight is 349 g/mol. The lowest BCUT2D eigenvalue weighted by Gasteiger charge is -2.31. The van der Waals surface area contributed by atoms with Crippen molar-refractivity contribution in [2.24, 2.45) is 7.05 Å². The maximum Gasteiger partial charge on any atom is 0.129 e. The Morgan fingerprint density at radius 3 is 3.04 bits per heavy atom. The van der Waals surface area contributed by atoms with Gasteiger partial charge in [0.25, 0.3) is 0 Å². The van der Waals surface area contributed by atoms with E-state index in [4.69, 9.17) is 9.47 Å². The summed E-state index contributed by atoms with van der Waals surface area (Å²) in [6, 6.07) is 10.4. The van der Waals surface area contributed by atoms with Crippen LogP contribution in [0.5, 0.6) is 5.75 Å². The van der Waals surface area contributed by atoms with Gasteiger partial charge < -0.3 is 19.4 Å². The molecule has 0 amide bonds. The van der Waals surface area contributed by atoms with Crippen molar-refractivity contribution in [1.29, 1.82) is 0 Å². The number of aromatic nitrogens is 2. The molecule has 0 unspecified atom stereocenters. The zero-order valence-corrected chi connectivity index (χ0v) is 14.9. The summed E-state index contributed by atoms with van der Waals surface area (Å²) in [4.78, 5) is 4.53. The number of nitrogens with one attached hydrogen (secondary N) is 1. The van der Waals surface area contributed by atoms with Crippen LogP contribution in [-0.2, 0) is 11.8 Å². The van der Waals surface area contributed by atoms with Gasteiger partial charge in [-0.3, -0.25) is 4.98 Å².